The molecule has 1 atom stereocenters. The quantitative estimate of drug-likeness (QED) is 0.325. The maximum atomic E-state index is 12.7. The minimum atomic E-state index is -0.392. The van der Waals surface area contributed by atoms with Gasteiger partial charge in [0, 0.05) is 24.8 Å². The summed E-state index contributed by atoms with van der Waals surface area (Å²) in [5, 5.41) is 7.64. The van der Waals surface area contributed by atoms with Gasteiger partial charge in [0.05, 0.1) is 11.9 Å². The van der Waals surface area contributed by atoms with Crippen LogP contribution in [0.5, 0.6) is 0 Å². The minimum Gasteiger partial charge on any atom is -0.353 e. The molecule has 0 saturated carbocycles. The molecule has 8 nitrogen and oxygen atoms in total. The first-order chi connectivity index (χ1) is 19.5. The third kappa shape index (κ3) is 6.79. The molecular weight excluding hydrogens is 507 g/mol. The molecule has 4 heterocycles. The van der Waals surface area contributed by atoms with Crippen LogP contribution < -0.4 is 15.8 Å². The third-order valence-corrected chi connectivity index (χ3v) is 6.34. The van der Waals surface area contributed by atoms with Gasteiger partial charge < -0.3 is 15.2 Å². The third-order valence-electron chi connectivity index (χ3n) is 6.34. The number of halogens is 1. The van der Waals surface area contributed by atoms with Gasteiger partial charge in [-0.15, -0.1) is 5.10 Å². The highest BCUT2D eigenvalue weighted by atomic mass is 19.1. The number of rotatable bonds is 4. The standard InChI is InChI=1S/C23H22N6O2.C6H5F.C2H6/c1-15-13-24-20-9-10-21(27-29(15)20)28-12-11-17(14-28)25-22(30)18-7-8-19(26-23(18)31)16-5-3-2-4-6-16;7-6-4-2-1-3-5-6;1-2/h2-10,13,17H,11-12,14H2,1H3,(H,25,30)(H,26,31);1-5H;1-2H3/t17-;;/m0../s1. The number of nitrogens with one attached hydrogen (secondary N) is 2. The average Bonchev–Trinajstić information content (AvgIpc) is 3.61. The Bertz CT molecular complexity index is 1600. The number of carbonyl (C=O) groups is 1. The average molecular weight is 541 g/mol. The second kappa shape index (κ2) is 13.3. The first kappa shape index (κ1) is 28.2. The monoisotopic (exact) mass is 540 g/mol. The smallest absolute Gasteiger partial charge is 0.261 e. The van der Waals surface area contributed by atoms with Crippen molar-refractivity contribution in [3.05, 3.63) is 119 Å². The summed E-state index contributed by atoms with van der Waals surface area (Å²) >= 11 is 0. The number of aromatic amines is 1. The maximum Gasteiger partial charge on any atom is 0.261 e. The van der Waals surface area contributed by atoms with Crippen LogP contribution in [0.1, 0.15) is 36.3 Å². The molecule has 3 aromatic heterocycles. The van der Waals surface area contributed by atoms with Crippen LogP contribution in [0.4, 0.5) is 10.2 Å². The van der Waals surface area contributed by atoms with E-state index in [4.69, 9.17) is 0 Å². The van der Waals surface area contributed by atoms with Crippen LogP contribution in [0.25, 0.3) is 16.9 Å². The maximum absolute atomic E-state index is 12.7. The van der Waals surface area contributed by atoms with E-state index in [0.29, 0.717) is 12.2 Å². The summed E-state index contributed by atoms with van der Waals surface area (Å²) in [7, 11) is 0. The summed E-state index contributed by atoms with van der Waals surface area (Å²) < 4.78 is 13.7. The van der Waals surface area contributed by atoms with E-state index >= 15 is 0 Å². The van der Waals surface area contributed by atoms with E-state index in [1.54, 1.807) is 36.5 Å². The highest BCUT2D eigenvalue weighted by Crippen LogP contribution is 2.20. The zero-order valence-electron chi connectivity index (χ0n) is 22.8. The van der Waals surface area contributed by atoms with Crippen LogP contribution >= 0.6 is 0 Å². The SMILES string of the molecule is CC.Cc1cnc2ccc(N3CC[C@H](NC(=O)c4ccc(-c5ccccc5)[nH]c4=O)C3)nn12.Fc1ccccc1. The van der Waals surface area contributed by atoms with Gasteiger partial charge in [-0.1, -0.05) is 62.4 Å². The van der Waals surface area contributed by atoms with E-state index in [2.05, 4.69) is 25.3 Å². The fraction of sp³-hybridized carbons (Fsp3) is 0.226. The first-order valence-corrected chi connectivity index (χ1v) is 13.3. The van der Waals surface area contributed by atoms with Crippen molar-refractivity contribution < 1.29 is 9.18 Å². The number of aromatic nitrogens is 4. The zero-order valence-corrected chi connectivity index (χ0v) is 22.8. The van der Waals surface area contributed by atoms with E-state index in [-0.39, 0.29) is 23.3 Å². The highest BCUT2D eigenvalue weighted by Gasteiger charge is 2.26. The fourth-order valence-electron chi connectivity index (χ4n) is 4.35. The van der Waals surface area contributed by atoms with E-state index < -0.39 is 5.56 Å². The summed E-state index contributed by atoms with van der Waals surface area (Å²) in [6, 6.07) is 24.7. The van der Waals surface area contributed by atoms with E-state index in [9.17, 15) is 14.0 Å². The summed E-state index contributed by atoms with van der Waals surface area (Å²) in [6.45, 7) is 7.38. The molecule has 0 bridgehead atoms. The van der Waals surface area contributed by atoms with Gasteiger partial charge in [0.15, 0.2) is 5.65 Å². The normalized spacial score (nSPS) is 14.1. The second-order valence-corrected chi connectivity index (χ2v) is 9.04. The first-order valence-electron chi connectivity index (χ1n) is 13.3. The summed E-state index contributed by atoms with van der Waals surface area (Å²) in [5.41, 5.74) is 3.09. The number of aryl methyl sites for hydroxylation is 1. The number of carbonyl (C=O) groups excluding carboxylic acids is 1. The number of hydrogen-bond acceptors (Lipinski definition) is 5. The number of amides is 1. The van der Waals surface area contributed by atoms with Gasteiger partial charge in [0.25, 0.3) is 11.5 Å². The summed E-state index contributed by atoms with van der Waals surface area (Å²) in [5.74, 6) is 0.305. The number of pyridine rings is 1. The molecule has 206 valence electrons. The molecule has 0 unspecified atom stereocenters. The van der Waals surface area contributed by atoms with Crippen molar-refractivity contribution in [1.29, 1.82) is 0 Å². The van der Waals surface area contributed by atoms with Crippen molar-refractivity contribution in [2.45, 2.75) is 33.2 Å². The molecule has 1 saturated heterocycles. The number of anilines is 1. The van der Waals surface area contributed by atoms with Crippen LogP contribution in [-0.2, 0) is 0 Å². The molecule has 1 fully saturated rings. The Morgan fingerprint density at radius 1 is 0.975 bits per heavy atom. The number of hydrogen-bond donors (Lipinski definition) is 2. The predicted molar refractivity (Wildman–Crippen MR) is 156 cm³/mol. The molecule has 2 aromatic carbocycles. The molecule has 9 heteroatoms. The Morgan fingerprint density at radius 2 is 1.68 bits per heavy atom. The number of fused-ring (bicyclic) bond motifs is 1. The second-order valence-electron chi connectivity index (χ2n) is 9.04. The number of H-pyrrole nitrogens is 1. The lowest BCUT2D eigenvalue weighted by Gasteiger charge is -2.18. The van der Waals surface area contributed by atoms with Crippen molar-refractivity contribution in [2.24, 2.45) is 0 Å². The molecule has 0 aliphatic carbocycles. The Kier molecular flexibility index (Phi) is 9.40. The van der Waals surface area contributed by atoms with Crippen LogP contribution in [0.2, 0.25) is 0 Å². The molecule has 5 aromatic rings. The van der Waals surface area contributed by atoms with Crippen LogP contribution in [-0.4, -0.2) is 44.6 Å². The Morgan fingerprint density at radius 3 is 2.33 bits per heavy atom. The van der Waals surface area contributed by atoms with Gasteiger partial charge in [-0.2, -0.15) is 0 Å². The van der Waals surface area contributed by atoms with Gasteiger partial charge in [0.1, 0.15) is 17.2 Å². The van der Waals surface area contributed by atoms with Crippen molar-refractivity contribution in [1.82, 2.24) is 24.9 Å². The van der Waals surface area contributed by atoms with Crippen molar-refractivity contribution in [3.8, 4) is 11.3 Å². The predicted octanol–water partition coefficient (Wildman–Crippen LogP) is 5.25. The molecule has 1 amide bonds. The van der Waals surface area contributed by atoms with Crippen LogP contribution in [0, 0.1) is 12.7 Å². The lowest BCUT2D eigenvalue weighted by Crippen LogP contribution is -2.39. The summed E-state index contributed by atoms with van der Waals surface area (Å²) in [4.78, 5) is 34.5. The molecule has 2 N–H and O–H groups in total. The Labute approximate surface area is 232 Å². The summed E-state index contributed by atoms with van der Waals surface area (Å²) in [6.07, 6.45) is 2.58. The molecule has 1 aliphatic heterocycles. The van der Waals surface area contributed by atoms with Crippen molar-refractivity contribution in [3.63, 3.8) is 0 Å². The lowest BCUT2D eigenvalue weighted by atomic mass is 10.1. The van der Waals surface area contributed by atoms with Crippen LogP contribution in [0.3, 0.4) is 0 Å². The number of nitrogens with zero attached hydrogens (tertiary/aromatic N) is 4. The molecule has 0 radical (unpaired) electrons. The van der Waals surface area contributed by atoms with Gasteiger partial charge >= 0.3 is 0 Å². The molecule has 6 rings (SSSR count). The number of benzene rings is 2. The van der Waals surface area contributed by atoms with Gasteiger partial charge in [-0.05, 0) is 55.3 Å². The fourth-order valence-corrected chi connectivity index (χ4v) is 4.35. The molecule has 40 heavy (non-hydrogen) atoms. The topological polar surface area (TPSA) is 95.4 Å². The van der Waals surface area contributed by atoms with Crippen LogP contribution in [0.15, 0.2) is 95.9 Å². The zero-order chi connectivity index (χ0) is 28.5. The van der Waals surface area contributed by atoms with Crippen molar-refractivity contribution in [2.75, 3.05) is 18.0 Å². The molecular formula is C31H33FN6O2. The minimum absolute atomic E-state index is 0.0536. The Balaban J connectivity index is 0.000000355. The van der Waals surface area contributed by atoms with Gasteiger partial charge in [-0.3, -0.25) is 9.59 Å². The highest BCUT2D eigenvalue weighted by molar-refractivity contribution is 5.94. The molecule has 1 aliphatic rings. The molecule has 0 spiro atoms. The van der Waals surface area contributed by atoms with E-state index in [1.165, 1.54) is 12.1 Å². The van der Waals surface area contributed by atoms with Crippen molar-refractivity contribution >= 4 is 17.4 Å². The largest absolute Gasteiger partial charge is 0.353 e. The van der Waals surface area contributed by atoms with E-state index in [1.807, 2.05) is 67.8 Å². The van der Waals surface area contributed by atoms with E-state index in [0.717, 1.165) is 35.7 Å². The van der Waals surface area contributed by atoms with Gasteiger partial charge in [0.2, 0.25) is 0 Å². The number of imidazole rings is 1. The van der Waals surface area contributed by atoms with Gasteiger partial charge in [-0.25, -0.2) is 13.9 Å². The lowest BCUT2D eigenvalue weighted by molar-refractivity contribution is 0.0939. The Hall–Kier alpha value is -4.79.